The Morgan fingerprint density at radius 3 is 2.50 bits per heavy atom. The Morgan fingerprint density at radius 1 is 1.06 bits per heavy atom. The lowest BCUT2D eigenvalue weighted by Gasteiger charge is -2.16. The SMILES string of the molecule is Cc1ccc(-c2nnc(SCCCN3CCC4(CC4c4ccc(C(F)(F)F)cc4)C3)n2C)cc1. The fourth-order valence-corrected chi connectivity index (χ4v) is 6.03. The van der Waals surface area contributed by atoms with Crippen molar-refractivity contribution in [3.63, 3.8) is 0 Å². The predicted molar refractivity (Wildman–Crippen MR) is 129 cm³/mol. The normalized spacial score (nSPS) is 22.6. The Morgan fingerprint density at radius 2 is 1.79 bits per heavy atom. The van der Waals surface area contributed by atoms with Gasteiger partial charge in [0.1, 0.15) is 0 Å². The van der Waals surface area contributed by atoms with Crippen molar-refractivity contribution < 1.29 is 13.2 Å². The van der Waals surface area contributed by atoms with Gasteiger partial charge in [-0.05, 0) is 68.3 Å². The van der Waals surface area contributed by atoms with Gasteiger partial charge in [0.15, 0.2) is 11.0 Å². The van der Waals surface area contributed by atoms with Crippen molar-refractivity contribution in [3.05, 3.63) is 65.2 Å². The molecule has 0 N–H and O–H groups in total. The van der Waals surface area contributed by atoms with Gasteiger partial charge in [-0.3, -0.25) is 0 Å². The predicted octanol–water partition coefficient (Wildman–Crippen LogP) is 6.17. The second kappa shape index (κ2) is 9.04. The van der Waals surface area contributed by atoms with Gasteiger partial charge in [0.2, 0.25) is 0 Å². The molecule has 34 heavy (non-hydrogen) atoms. The molecule has 0 radical (unpaired) electrons. The zero-order valence-corrected chi connectivity index (χ0v) is 20.3. The van der Waals surface area contributed by atoms with Crippen molar-refractivity contribution in [1.29, 1.82) is 0 Å². The molecule has 0 amide bonds. The lowest BCUT2D eigenvalue weighted by Crippen LogP contribution is -2.23. The van der Waals surface area contributed by atoms with E-state index in [2.05, 4.69) is 50.9 Å². The first kappa shape index (κ1) is 23.4. The summed E-state index contributed by atoms with van der Waals surface area (Å²) < 4.78 is 40.6. The van der Waals surface area contributed by atoms with Gasteiger partial charge in [-0.25, -0.2) is 0 Å². The number of aromatic nitrogens is 3. The van der Waals surface area contributed by atoms with Crippen molar-refractivity contribution in [3.8, 4) is 11.4 Å². The van der Waals surface area contributed by atoms with Crippen LogP contribution in [0.3, 0.4) is 0 Å². The number of rotatable bonds is 7. The topological polar surface area (TPSA) is 34.0 Å². The Hall–Kier alpha value is -2.32. The molecule has 2 heterocycles. The monoisotopic (exact) mass is 486 g/mol. The third-order valence-electron chi connectivity index (χ3n) is 7.29. The van der Waals surface area contributed by atoms with Crippen LogP contribution in [0.1, 0.15) is 41.9 Å². The van der Waals surface area contributed by atoms with Crippen LogP contribution >= 0.6 is 11.8 Å². The van der Waals surface area contributed by atoms with E-state index in [9.17, 15) is 13.2 Å². The van der Waals surface area contributed by atoms with E-state index in [4.69, 9.17) is 0 Å². The molecule has 0 bridgehead atoms. The Labute approximate surface area is 202 Å². The van der Waals surface area contributed by atoms with Crippen LogP contribution in [0.4, 0.5) is 13.2 Å². The summed E-state index contributed by atoms with van der Waals surface area (Å²) >= 11 is 1.74. The molecular formula is C26H29F3N4S. The molecule has 1 aromatic heterocycles. The number of hydrogen-bond acceptors (Lipinski definition) is 4. The van der Waals surface area contributed by atoms with Crippen LogP contribution in [0.25, 0.3) is 11.4 Å². The van der Waals surface area contributed by atoms with Gasteiger partial charge in [0.25, 0.3) is 0 Å². The second-order valence-corrected chi connectivity index (χ2v) is 10.8. The molecule has 1 saturated heterocycles. The fourth-order valence-electron chi connectivity index (χ4n) is 5.20. The largest absolute Gasteiger partial charge is 0.416 e. The lowest BCUT2D eigenvalue weighted by molar-refractivity contribution is -0.137. The Bertz CT molecular complexity index is 1140. The van der Waals surface area contributed by atoms with Crippen molar-refractivity contribution in [2.24, 2.45) is 12.5 Å². The number of thioether (sulfide) groups is 1. The van der Waals surface area contributed by atoms with Crippen LogP contribution in [0.5, 0.6) is 0 Å². The summed E-state index contributed by atoms with van der Waals surface area (Å²) in [5.41, 5.74) is 3.05. The molecule has 2 fully saturated rings. The van der Waals surface area contributed by atoms with E-state index >= 15 is 0 Å². The van der Waals surface area contributed by atoms with E-state index in [0.717, 1.165) is 66.8 Å². The number of benzene rings is 2. The van der Waals surface area contributed by atoms with Gasteiger partial charge in [-0.15, -0.1) is 10.2 Å². The summed E-state index contributed by atoms with van der Waals surface area (Å²) in [5.74, 6) is 2.26. The van der Waals surface area contributed by atoms with Gasteiger partial charge in [0, 0.05) is 24.9 Å². The number of likely N-dealkylation sites (tertiary alicyclic amines) is 1. The Kier molecular flexibility index (Phi) is 6.23. The molecule has 2 unspecified atom stereocenters. The zero-order chi connectivity index (χ0) is 23.9. The van der Waals surface area contributed by atoms with Crippen LogP contribution in [0.15, 0.2) is 53.7 Å². The van der Waals surface area contributed by atoms with Crippen molar-refractivity contribution in [2.75, 3.05) is 25.4 Å². The van der Waals surface area contributed by atoms with Crippen LogP contribution in [0, 0.1) is 12.3 Å². The molecular weight excluding hydrogens is 457 g/mol. The molecule has 3 aromatic rings. The van der Waals surface area contributed by atoms with Crippen molar-refractivity contribution in [1.82, 2.24) is 19.7 Å². The number of nitrogens with zero attached hydrogens (tertiary/aromatic N) is 4. The van der Waals surface area contributed by atoms with E-state index in [1.807, 2.05) is 7.05 Å². The third-order valence-corrected chi connectivity index (χ3v) is 8.40. The highest BCUT2D eigenvalue weighted by Gasteiger charge is 2.57. The molecule has 1 spiro atoms. The fraction of sp³-hybridized carbons (Fsp3) is 0.462. The molecule has 2 aliphatic rings. The molecule has 2 atom stereocenters. The first-order chi connectivity index (χ1) is 16.2. The highest BCUT2D eigenvalue weighted by molar-refractivity contribution is 7.99. The molecule has 5 rings (SSSR count). The summed E-state index contributed by atoms with van der Waals surface area (Å²) in [6.07, 6.45) is -0.979. The van der Waals surface area contributed by atoms with Gasteiger partial charge >= 0.3 is 6.18 Å². The second-order valence-electron chi connectivity index (χ2n) is 9.70. The summed E-state index contributed by atoms with van der Waals surface area (Å²) in [6, 6.07) is 14.1. The Balaban J connectivity index is 1.09. The van der Waals surface area contributed by atoms with E-state index in [0.29, 0.717) is 5.92 Å². The smallest absolute Gasteiger partial charge is 0.305 e. The lowest BCUT2D eigenvalue weighted by atomic mass is 9.97. The van der Waals surface area contributed by atoms with Crippen LogP contribution in [-0.4, -0.2) is 45.1 Å². The average Bonchev–Trinajstić information content (AvgIpc) is 3.16. The van der Waals surface area contributed by atoms with Gasteiger partial charge in [-0.1, -0.05) is 53.7 Å². The number of alkyl halides is 3. The molecule has 180 valence electrons. The number of halogens is 3. The molecule has 1 saturated carbocycles. The minimum absolute atomic E-state index is 0.263. The van der Waals surface area contributed by atoms with Gasteiger partial charge in [0.05, 0.1) is 5.56 Å². The number of aryl methyl sites for hydroxylation is 1. The minimum Gasteiger partial charge on any atom is -0.305 e. The van der Waals surface area contributed by atoms with Gasteiger partial charge < -0.3 is 9.47 Å². The van der Waals surface area contributed by atoms with Gasteiger partial charge in [-0.2, -0.15) is 13.2 Å². The maximum Gasteiger partial charge on any atom is 0.416 e. The highest BCUT2D eigenvalue weighted by atomic mass is 32.2. The maximum atomic E-state index is 12.8. The van der Waals surface area contributed by atoms with Crippen LogP contribution < -0.4 is 0 Å². The number of hydrogen-bond donors (Lipinski definition) is 0. The first-order valence-electron chi connectivity index (χ1n) is 11.7. The van der Waals surface area contributed by atoms with E-state index in [1.54, 1.807) is 23.9 Å². The van der Waals surface area contributed by atoms with E-state index in [-0.39, 0.29) is 5.41 Å². The zero-order valence-electron chi connectivity index (χ0n) is 19.5. The minimum atomic E-state index is -4.27. The first-order valence-corrected chi connectivity index (χ1v) is 12.7. The highest BCUT2D eigenvalue weighted by Crippen LogP contribution is 2.64. The van der Waals surface area contributed by atoms with Crippen molar-refractivity contribution >= 4 is 11.8 Å². The average molecular weight is 487 g/mol. The third kappa shape index (κ3) is 4.75. The van der Waals surface area contributed by atoms with Crippen LogP contribution in [-0.2, 0) is 13.2 Å². The molecule has 1 aliphatic heterocycles. The summed E-state index contributed by atoms with van der Waals surface area (Å²) in [7, 11) is 2.01. The molecule has 8 heteroatoms. The summed E-state index contributed by atoms with van der Waals surface area (Å²) in [6.45, 7) is 5.23. The quantitative estimate of drug-likeness (QED) is 0.295. The molecule has 2 aromatic carbocycles. The van der Waals surface area contributed by atoms with E-state index < -0.39 is 11.7 Å². The van der Waals surface area contributed by atoms with Crippen molar-refractivity contribution in [2.45, 2.75) is 43.4 Å². The standard InChI is InChI=1S/C26H29F3N4S/c1-18-4-6-20(7-5-18)23-30-31-24(32(23)2)34-15-3-13-33-14-12-25(17-33)16-22(25)19-8-10-21(11-9-19)26(27,28)29/h4-11,22H,3,12-17H2,1-2H3. The summed E-state index contributed by atoms with van der Waals surface area (Å²) in [4.78, 5) is 2.51. The van der Waals surface area contributed by atoms with E-state index in [1.165, 1.54) is 17.7 Å². The van der Waals surface area contributed by atoms with Crippen LogP contribution in [0.2, 0.25) is 0 Å². The maximum absolute atomic E-state index is 12.8. The molecule has 4 nitrogen and oxygen atoms in total. The summed E-state index contributed by atoms with van der Waals surface area (Å²) in [5, 5.41) is 9.68. The molecule has 1 aliphatic carbocycles.